The van der Waals surface area contributed by atoms with Crippen LogP contribution in [0.3, 0.4) is 0 Å². The number of benzene rings is 2. The van der Waals surface area contributed by atoms with Gasteiger partial charge in [0.1, 0.15) is 6.10 Å². The lowest BCUT2D eigenvalue weighted by Crippen LogP contribution is -2.29. The van der Waals surface area contributed by atoms with E-state index in [0.29, 0.717) is 0 Å². The van der Waals surface area contributed by atoms with Crippen molar-refractivity contribution in [3.05, 3.63) is 66.2 Å². The van der Waals surface area contributed by atoms with Gasteiger partial charge in [0.25, 0.3) is 0 Å². The van der Waals surface area contributed by atoms with Crippen molar-refractivity contribution in [3.63, 3.8) is 0 Å². The maximum atomic E-state index is 10.8. The van der Waals surface area contributed by atoms with Crippen LogP contribution >= 0.6 is 0 Å². The van der Waals surface area contributed by atoms with Crippen molar-refractivity contribution in [2.45, 2.75) is 26.9 Å². The van der Waals surface area contributed by atoms with Gasteiger partial charge in [-0.3, -0.25) is 0 Å². The molecule has 1 unspecified atom stereocenters. The van der Waals surface area contributed by atoms with Crippen LogP contribution in [-0.2, 0) is 4.74 Å². The van der Waals surface area contributed by atoms with Crippen molar-refractivity contribution >= 4 is 12.2 Å². The predicted molar refractivity (Wildman–Crippen MR) is 93.3 cm³/mol. The first-order valence-electron chi connectivity index (χ1n) is 7.59. The summed E-state index contributed by atoms with van der Waals surface area (Å²) in [6.45, 7) is 5.84. The zero-order chi connectivity index (χ0) is 16.9. The highest BCUT2D eigenvalue weighted by Crippen LogP contribution is 2.25. The molecule has 0 spiro atoms. The third-order valence-corrected chi connectivity index (χ3v) is 3.56. The maximum absolute atomic E-state index is 10.8. The van der Waals surface area contributed by atoms with E-state index in [2.05, 4.69) is 24.3 Å². The highest BCUT2D eigenvalue weighted by atomic mass is 16.7. The van der Waals surface area contributed by atoms with Crippen LogP contribution in [0.5, 0.6) is 0 Å². The minimum Gasteiger partial charge on any atom is -0.450 e. The lowest BCUT2D eigenvalue weighted by molar-refractivity contribution is 0.0262. The number of hydrogen-bond acceptors (Lipinski definition) is 2. The molecular weight excluding hydrogens is 288 g/mol. The van der Waals surface area contributed by atoms with Gasteiger partial charge in [-0.2, -0.15) is 0 Å². The van der Waals surface area contributed by atoms with Gasteiger partial charge in [-0.05, 0) is 22.8 Å². The molecule has 2 rings (SSSR count). The Morgan fingerprint density at radius 1 is 1.00 bits per heavy atom. The Labute approximate surface area is 137 Å². The van der Waals surface area contributed by atoms with E-state index < -0.39 is 12.3 Å². The summed E-state index contributed by atoms with van der Waals surface area (Å²) in [4.78, 5) is 10.8. The third kappa shape index (κ3) is 4.99. The fourth-order valence-corrected chi connectivity index (χ4v) is 2.23. The van der Waals surface area contributed by atoms with E-state index in [4.69, 9.17) is 9.84 Å². The summed E-state index contributed by atoms with van der Waals surface area (Å²) in [7, 11) is 0. The summed E-state index contributed by atoms with van der Waals surface area (Å²) in [6.07, 6.45) is 1.95. The smallest absolute Gasteiger partial charge is 0.450 e. The van der Waals surface area contributed by atoms with Crippen molar-refractivity contribution in [2.24, 2.45) is 5.41 Å². The Bertz CT molecular complexity index is 664. The van der Waals surface area contributed by atoms with Gasteiger partial charge in [0.2, 0.25) is 0 Å². The van der Waals surface area contributed by atoms with Crippen molar-refractivity contribution in [2.75, 3.05) is 0 Å². The van der Waals surface area contributed by atoms with E-state index in [1.54, 1.807) is 6.08 Å². The second kappa shape index (κ2) is 7.14. The summed E-state index contributed by atoms with van der Waals surface area (Å²) in [6, 6.07) is 18.3. The molecule has 0 amide bonds. The Morgan fingerprint density at radius 2 is 1.57 bits per heavy atom. The molecule has 2 aromatic carbocycles. The highest BCUT2D eigenvalue weighted by Gasteiger charge is 2.25. The van der Waals surface area contributed by atoms with E-state index in [1.165, 1.54) is 5.56 Å². The molecule has 0 bridgehead atoms. The average molecular weight is 310 g/mol. The fourth-order valence-electron chi connectivity index (χ4n) is 2.23. The summed E-state index contributed by atoms with van der Waals surface area (Å²) in [5, 5.41) is 8.85. The van der Waals surface area contributed by atoms with E-state index in [1.807, 2.05) is 57.2 Å². The minimum atomic E-state index is -1.26. The number of ether oxygens (including phenoxy) is 1. The van der Waals surface area contributed by atoms with E-state index >= 15 is 0 Å². The van der Waals surface area contributed by atoms with Gasteiger partial charge >= 0.3 is 6.16 Å². The lowest BCUT2D eigenvalue weighted by Gasteiger charge is -2.26. The minimum absolute atomic E-state index is 0.293. The van der Waals surface area contributed by atoms with Crippen LogP contribution in [0.4, 0.5) is 4.79 Å². The molecular formula is C20H22O3. The molecule has 0 aromatic heterocycles. The highest BCUT2D eigenvalue weighted by molar-refractivity contribution is 5.65. The first-order valence-corrected chi connectivity index (χ1v) is 7.59. The van der Waals surface area contributed by atoms with E-state index in [-0.39, 0.29) is 5.41 Å². The molecule has 120 valence electrons. The van der Waals surface area contributed by atoms with Crippen molar-refractivity contribution in [3.8, 4) is 11.1 Å². The fraction of sp³-hybridized carbons (Fsp3) is 0.250. The molecule has 3 nitrogen and oxygen atoms in total. The molecule has 0 aliphatic carbocycles. The van der Waals surface area contributed by atoms with Gasteiger partial charge < -0.3 is 9.84 Å². The van der Waals surface area contributed by atoms with Crippen LogP contribution in [0.1, 0.15) is 26.3 Å². The van der Waals surface area contributed by atoms with Gasteiger partial charge in [0.15, 0.2) is 0 Å². The quantitative estimate of drug-likeness (QED) is 0.761. The largest absolute Gasteiger partial charge is 0.506 e. The van der Waals surface area contributed by atoms with Crippen LogP contribution in [0.15, 0.2) is 60.7 Å². The standard InChI is InChI=1S/C20H22O3/c1-20(2,3)18(23-19(21)22)14-11-15-9-12-17(13-10-15)16-7-5-4-6-8-16/h4-14,18H,1-3H3,(H,21,22). The first-order chi connectivity index (χ1) is 10.9. The Morgan fingerprint density at radius 3 is 2.09 bits per heavy atom. The van der Waals surface area contributed by atoms with Crippen LogP contribution < -0.4 is 0 Å². The predicted octanol–water partition coefficient (Wildman–Crippen LogP) is 5.48. The summed E-state index contributed by atoms with van der Waals surface area (Å²) in [5.74, 6) is 0. The maximum Gasteiger partial charge on any atom is 0.506 e. The van der Waals surface area contributed by atoms with Gasteiger partial charge in [-0.15, -0.1) is 0 Å². The lowest BCUT2D eigenvalue weighted by atomic mass is 9.88. The van der Waals surface area contributed by atoms with E-state index in [0.717, 1.165) is 11.1 Å². The van der Waals surface area contributed by atoms with Crippen LogP contribution in [-0.4, -0.2) is 17.4 Å². The molecule has 1 N–H and O–H groups in total. The molecule has 0 radical (unpaired) electrons. The van der Waals surface area contributed by atoms with Crippen molar-refractivity contribution in [1.29, 1.82) is 0 Å². The average Bonchev–Trinajstić information content (AvgIpc) is 2.51. The summed E-state index contributed by atoms with van der Waals surface area (Å²) < 4.78 is 4.96. The third-order valence-electron chi connectivity index (χ3n) is 3.56. The molecule has 3 heteroatoms. The molecule has 2 aromatic rings. The van der Waals surface area contributed by atoms with Crippen LogP contribution in [0, 0.1) is 5.41 Å². The molecule has 0 aliphatic heterocycles. The summed E-state index contributed by atoms with van der Waals surface area (Å²) >= 11 is 0. The van der Waals surface area contributed by atoms with Crippen LogP contribution in [0.2, 0.25) is 0 Å². The van der Waals surface area contributed by atoms with Crippen molar-refractivity contribution in [1.82, 2.24) is 0 Å². The Kier molecular flexibility index (Phi) is 5.22. The van der Waals surface area contributed by atoms with Crippen molar-refractivity contribution < 1.29 is 14.6 Å². The molecule has 0 saturated heterocycles. The topological polar surface area (TPSA) is 46.5 Å². The second-order valence-electron chi connectivity index (χ2n) is 6.52. The molecule has 1 atom stereocenters. The molecule has 0 heterocycles. The van der Waals surface area contributed by atoms with Gasteiger partial charge in [0.05, 0.1) is 0 Å². The number of rotatable bonds is 4. The second-order valence-corrected chi connectivity index (χ2v) is 6.52. The molecule has 0 saturated carbocycles. The molecule has 0 aliphatic rings. The van der Waals surface area contributed by atoms with Gasteiger partial charge in [-0.1, -0.05) is 81.4 Å². The number of hydrogen-bond donors (Lipinski definition) is 1. The monoisotopic (exact) mass is 310 g/mol. The van der Waals surface area contributed by atoms with Gasteiger partial charge in [-0.25, -0.2) is 4.79 Å². The zero-order valence-electron chi connectivity index (χ0n) is 13.7. The molecule has 0 fully saturated rings. The van der Waals surface area contributed by atoms with Gasteiger partial charge in [0, 0.05) is 5.41 Å². The Hall–Kier alpha value is -2.55. The number of carboxylic acid groups (broad SMARTS) is 1. The SMILES string of the molecule is CC(C)(C)C(C=Cc1ccc(-c2ccccc2)cc1)OC(=O)O. The van der Waals surface area contributed by atoms with E-state index in [9.17, 15) is 4.79 Å². The Balaban J connectivity index is 2.14. The van der Waals surface area contributed by atoms with Crippen LogP contribution in [0.25, 0.3) is 17.2 Å². The number of carbonyl (C=O) groups is 1. The zero-order valence-corrected chi connectivity index (χ0v) is 13.7. The molecule has 23 heavy (non-hydrogen) atoms. The summed E-state index contributed by atoms with van der Waals surface area (Å²) in [5.41, 5.74) is 3.04. The normalized spacial score (nSPS) is 13.0. The first kappa shape index (κ1) is 16.8.